The van der Waals surface area contributed by atoms with E-state index in [1.165, 1.54) is 0 Å². The zero-order chi connectivity index (χ0) is 14.4. The van der Waals surface area contributed by atoms with Crippen molar-refractivity contribution in [3.05, 3.63) is 27.7 Å². The van der Waals surface area contributed by atoms with E-state index in [-0.39, 0.29) is 17.9 Å². The van der Waals surface area contributed by atoms with Crippen molar-refractivity contribution in [2.45, 2.75) is 31.8 Å². The Labute approximate surface area is 130 Å². The molecule has 20 heavy (non-hydrogen) atoms. The number of nitrogens with zero attached hydrogens (tertiary/aromatic N) is 2. The molecule has 2 aliphatic rings. The number of carbonyl (C=O) groups is 2. The summed E-state index contributed by atoms with van der Waals surface area (Å²) >= 11 is 9.59. The van der Waals surface area contributed by atoms with Crippen molar-refractivity contribution < 1.29 is 9.59 Å². The van der Waals surface area contributed by atoms with E-state index in [1.54, 1.807) is 28.9 Å². The number of hydrogen-bond donors (Lipinski definition) is 0. The normalized spacial score (nSPS) is 26.1. The summed E-state index contributed by atoms with van der Waals surface area (Å²) in [5.41, 5.74) is 0.596. The first-order valence-corrected chi connectivity index (χ1v) is 7.76. The minimum Gasteiger partial charge on any atom is -0.329 e. The lowest BCUT2D eigenvalue weighted by molar-refractivity contribution is -0.143. The van der Waals surface area contributed by atoms with Crippen LogP contribution in [0.25, 0.3) is 0 Å². The van der Waals surface area contributed by atoms with Gasteiger partial charge in [0.1, 0.15) is 12.1 Å². The molecular weight excluding hydrogens is 344 g/mol. The van der Waals surface area contributed by atoms with Crippen LogP contribution in [0.4, 0.5) is 5.69 Å². The summed E-state index contributed by atoms with van der Waals surface area (Å²) in [6, 6.07) is 4.49. The van der Waals surface area contributed by atoms with Crippen molar-refractivity contribution >= 4 is 45.0 Å². The molecule has 0 spiro atoms. The van der Waals surface area contributed by atoms with Crippen LogP contribution < -0.4 is 4.90 Å². The third kappa shape index (κ3) is 2.04. The van der Waals surface area contributed by atoms with Crippen LogP contribution in [0.2, 0.25) is 5.02 Å². The van der Waals surface area contributed by atoms with Crippen molar-refractivity contribution in [3.8, 4) is 0 Å². The Balaban J connectivity index is 2.05. The summed E-state index contributed by atoms with van der Waals surface area (Å²) in [4.78, 5) is 28.3. The summed E-state index contributed by atoms with van der Waals surface area (Å²) in [6.45, 7) is 2.44. The van der Waals surface area contributed by atoms with Gasteiger partial charge in [-0.25, -0.2) is 0 Å². The molecule has 2 fully saturated rings. The zero-order valence-electron chi connectivity index (χ0n) is 11.0. The van der Waals surface area contributed by atoms with Crippen LogP contribution >= 0.6 is 27.5 Å². The van der Waals surface area contributed by atoms with Crippen LogP contribution in [-0.4, -0.2) is 35.3 Å². The van der Waals surface area contributed by atoms with Gasteiger partial charge in [0.15, 0.2) is 0 Å². The Morgan fingerprint density at radius 3 is 2.80 bits per heavy atom. The summed E-state index contributed by atoms with van der Waals surface area (Å²) in [6.07, 6.45) is 1.62. The molecule has 2 heterocycles. The van der Waals surface area contributed by atoms with Gasteiger partial charge in [-0.3, -0.25) is 14.5 Å². The predicted octanol–water partition coefficient (Wildman–Crippen LogP) is 2.83. The quantitative estimate of drug-likeness (QED) is 0.775. The van der Waals surface area contributed by atoms with Crippen molar-refractivity contribution in [1.82, 2.24) is 4.90 Å². The number of hydrogen-bond acceptors (Lipinski definition) is 2. The number of benzene rings is 1. The minimum atomic E-state index is -0.511. The lowest BCUT2D eigenvalue weighted by atomic mass is 10.1. The minimum absolute atomic E-state index is 0.00291. The van der Waals surface area contributed by atoms with Crippen LogP contribution in [0.3, 0.4) is 0 Å². The number of anilines is 1. The van der Waals surface area contributed by atoms with Crippen LogP contribution in [0.15, 0.2) is 22.7 Å². The molecule has 6 heteroatoms. The molecule has 2 amide bonds. The standard InChI is InChI=1S/C14H14BrClN2O2/c1-8-13(19)17-6-2-3-11(17)14(20)18(8)12-7-9(15)4-5-10(12)16/h4-5,7-8,11H,2-3,6H2,1H3. The Morgan fingerprint density at radius 2 is 2.05 bits per heavy atom. The second kappa shape index (κ2) is 5.04. The second-order valence-electron chi connectivity index (χ2n) is 5.17. The van der Waals surface area contributed by atoms with E-state index in [4.69, 9.17) is 11.6 Å². The fraction of sp³-hybridized carbons (Fsp3) is 0.429. The monoisotopic (exact) mass is 356 g/mol. The van der Waals surface area contributed by atoms with Gasteiger partial charge >= 0.3 is 0 Å². The summed E-state index contributed by atoms with van der Waals surface area (Å²) < 4.78 is 0.832. The third-order valence-electron chi connectivity index (χ3n) is 3.97. The molecule has 0 N–H and O–H groups in total. The molecule has 4 nitrogen and oxygen atoms in total. The molecule has 1 aromatic rings. The van der Waals surface area contributed by atoms with Crippen molar-refractivity contribution in [1.29, 1.82) is 0 Å². The first kappa shape index (κ1) is 13.9. The van der Waals surface area contributed by atoms with E-state index < -0.39 is 6.04 Å². The maximum atomic E-state index is 12.7. The van der Waals surface area contributed by atoms with E-state index in [0.717, 1.165) is 17.3 Å². The summed E-state index contributed by atoms with van der Waals surface area (Å²) in [5.74, 6) is -0.0299. The van der Waals surface area contributed by atoms with Crippen molar-refractivity contribution in [3.63, 3.8) is 0 Å². The predicted molar refractivity (Wildman–Crippen MR) is 80.8 cm³/mol. The summed E-state index contributed by atoms with van der Waals surface area (Å²) in [5, 5.41) is 0.479. The van der Waals surface area contributed by atoms with Crippen LogP contribution in [0.5, 0.6) is 0 Å². The number of halogens is 2. The molecule has 2 aliphatic heterocycles. The van der Waals surface area contributed by atoms with Gasteiger partial charge in [0, 0.05) is 11.0 Å². The number of amides is 2. The lowest BCUT2D eigenvalue weighted by Crippen LogP contribution is -2.62. The van der Waals surface area contributed by atoms with Gasteiger partial charge in [0.05, 0.1) is 10.7 Å². The van der Waals surface area contributed by atoms with E-state index >= 15 is 0 Å². The molecule has 0 radical (unpaired) electrons. The third-order valence-corrected chi connectivity index (χ3v) is 4.78. The number of rotatable bonds is 1. The molecule has 1 aromatic carbocycles. The summed E-state index contributed by atoms with van der Waals surface area (Å²) in [7, 11) is 0. The highest BCUT2D eigenvalue weighted by molar-refractivity contribution is 9.10. The van der Waals surface area contributed by atoms with E-state index in [2.05, 4.69) is 15.9 Å². The maximum absolute atomic E-state index is 12.7. The highest BCUT2D eigenvalue weighted by Crippen LogP contribution is 2.35. The van der Waals surface area contributed by atoms with Gasteiger partial charge < -0.3 is 4.90 Å². The maximum Gasteiger partial charge on any atom is 0.250 e. The van der Waals surface area contributed by atoms with Gasteiger partial charge in [-0.05, 0) is 38.0 Å². The Kier molecular flexibility index (Phi) is 3.50. The Bertz CT molecular complexity index is 593. The molecule has 2 atom stereocenters. The number of piperazine rings is 1. The number of fused-ring (bicyclic) bond motifs is 1. The van der Waals surface area contributed by atoms with E-state index in [9.17, 15) is 9.59 Å². The SMILES string of the molecule is CC1C(=O)N2CCCC2C(=O)N1c1cc(Br)ccc1Cl. The average molecular weight is 358 g/mol. The molecule has 106 valence electrons. The van der Waals surface area contributed by atoms with Gasteiger partial charge in [-0.2, -0.15) is 0 Å². The van der Waals surface area contributed by atoms with E-state index in [1.807, 2.05) is 6.07 Å². The molecule has 0 aliphatic carbocycles. The molecule has 2 unspecified atom stereocenters. The average Bonchev–Trinajstić information content (AvgIpc) is 2.90. The first-order valence-electron chi connectivity index (χ1n) is 6.59. The Hall–Kier alpha value is -1.07. The highest BCUT2D eigenvalue weighted by atomic mass is 79.9. The molecule has 0 aromatic heterocycles. The number of carbonyl (C=O) groups excluding carboxylic acids is 2. The molecule has 3 rings (SSSR count). The van der Waals surface area contributed by atoms with Crippen molar-refractivity contribution in [2.75, 3.05) is 11.4 Å². The first-order chi connectivity index (χ1) is 9.50. The van der Waals surface area contributed by atoms with E-state index in [0.29, 0.717) is 17.3 Å². The second-order valence-corrected chi connectivity index (χ2v) is 6.49. The molecule has 2 saturated heterocycles. The van der Waals surface area contributed by atoms with Gasteiger partial charge in [0.25, 0.3) is 5.91 Å². The van der Waals surface area contributed by atoms with Crippen LogP contribution in [0, 0.1) is 0 Å². The molecule has 0 saturated carbocycles. The smallest absolute Gasteiger partial charge is 0.250 e. The van der Waals surface area contributed by atoms with Crippen LogP contribution in [-0.2, 0) is 9.59 Å². The molecule has 0 bridgehead atoms. The van der Waals surface area contributed by atoms with Gasteiger partial charge in [-0.15, -0.1) is 0 Å². The lowest BCUT2D eigenvalue weighted by Gasteiger charge is -2.41. The van der Waals surface area contributed by atoms with Crippen LogP contribution in [0.1, 0.15) is 19.8 Å². The zero-order valence-corrected chi connectivity index (χ0v) is 13.3. The largest absolute Gasteiger partial charge is 0.329 e. The van der Waals surface area contributed by atoms with Gasteiger partial charge in [0.2, 0.25) is 5.91 Å². The fourth-order valence-corrected chi connectivity index (χ4v) is 3.54. The Morgan fingerprint density at radius 1 is 1.30 bits per heavy atom. The van der Waals surface area contributed by atoms with Gasteiger partial charge in [-0.1, -0.05) is 27.5 Å². The molecular formula is C14H14BrClN2O2. The fourth-order valence-electron chi connectivity index (χ4n) is 2.99. The topological polar surface area (TPSA) is 40.6 Å². The van der Waals surface area contributed by atoms with Crippen molar-refractivity contribution in [2.24, 2.45) is 0 Å². The highest BCUT2D eigenvalue weighted by Gasteiger charge is 2.46.